The summed E-state index contributed by atoms with van der Waals surface area (Å²) in [5, 5.41) is 7.47. The van der Waals surface area contributed by atoms with E-state index in [4.69, 9.17) is 9.15 Å². The minimum atomic E-state index is -0.563. The summed E-state index contributed by atoms with van der Waals surface area (Å²) in [6, 6.07) is 0. The first-order valence-electron chi connectivity index (χ1n) is 5.06. The number of aromatic nitrogens is 2. The van der Waals surface area contributed by atoms with Crippen LogP contribution in [0.1, 0.15) is 50.2 Å². The Morgan fingerprint density at radius 1 is 1.40 bits per heavy atom. The van der Waals surface area contributed by atoms with Gasteiger partial charge in [-0.2, -0.15) is 0 Å². The summed E-state index contributed by atoms with van der Waals surface area (Å²) >= 11 is 0. The Morgan fingerprint density at radius 2 is 2.07 bits per heavy atom. The topological polar surface area (TPSA) is 65.2 Å². The molecule has 0 fully saturated rings. The summed E-state index contributed by atoms with van der Waals surface area (Å²) < 4.78 is 9.97. The molecule has 0 saturated heterocycles. The molecule has 0 aliphatic rings. The minimum Gasteiger partial charge on any atom is -0.459 e. The Balaban J connectivity index is 2.76. The normalized spacial score (nSPS) is 12.9. The van der Waals surface area contributed by atoms with Gasteiger partial charge in [-0.3, -0.25) is 0 Å². The summed E-state index contributed by atoms with van der Waals surface area (Å²) in [7, 11) is 0. The first-order chi connectivity index (χ1) is 7.06. The predicted octanol–water partition coefficient (Wildman–Crippen LogP) is 2.01. The highest BCUT2D eigenvalue weighted by Gasteiger charge is 2.21. The van der Waals surface area contributed by atoms with Crippen molar-refractivity contribution in [3.05, 3.63) is 11.8 Å². The third-order valence-corrected chi connectivity index (χ3v) is 2.28. The Kier molecular flexibility index (Phi) is 3.82. The van der Waals surface area contributed by atoms with E-state index in [2.05, 4.69) is 24.0 Å². The van der Waals surface area contributed by atoms with Crippen LogP contribution < -0.4 is 0 Å². The van der Waals surface area contributed by atoms with Gasteiger partial charge in [-0.05, 0) is 12.8 Å². The highest BCUT2D eigenvalue weighted by molar-refractivity contribution is 5.83. The van der Waals surface area contributed by atoms with Crippen LogP contribution in [-0.2, 0) is 4.74 Å². The van der Waals surface area contributed by atoms with Crippen molar-refractivity contribution in [1.82, 2.24) is 10.2 Å². The molecule has 0 radical (unpaired) electrons. The first kappa shape index (κ1) is 11.7. The summed E-state index contributed by atoms with van der Waals surface area (Å²) in [4.78, 5) is 11.2. The van der Waals surface area contributed by atoms with Crippen molar-refractivity contribution in [3.63, 3.8) is 0 Å². The van der Waals surface area contributed by atoms with E-state index in [9.17, 15) is 4.79 Å². The third kappa shape index (κ3) is 2.78. The monoisotopic (exact) mass is 212 g/mol. The van der Waals surface area contributed by atoms with Gasteiger partial charge in [0.2, 0.25) is 5.89 Å². The molecule has 5 heteroatoms. The van der Waals surface area contributed by atoms with Gasteiger partial charge in [0.05, 0.1) is 6.61 Å². The van der Waals surface area contributed by atoms with Crippen LogP contribution in [0.2, 0.25) is 0 Å². The van der Waals surface area contributed by atoms with Crippen molar-refractivity contribution in [3.8, 4) is 0 Å². The summed E-state index contributed by atoms with van der Waals surface area (Å²) in [5.74, 6) is 0.376. The van der Waals surface area contributed by atoms with Gasteiger partial charge in [0.1, 0.15) is 0 Å². The molecule has 5 nitrogen and oxygen atoms in total. The van der Waals surface area contributed by atoms with E-state index in [0.29, 0.717) is 18.4 Å². The lowest BCUT2D eigenvalue weighted by Crippen LogP contribution is -2.04. The zero-order valence-electron chi connectivity index (χ0n) is 9.48. The number of carbonyl (C=O) groups is 1. The molecule has 1 heterocycles. The van der Waals surface area contributed by atoms with Gasteiger partial charge < -0.3 is 9.15 Å². The number of carbonyl (C=O) groups excluding carboxylic acids is 1. The highest BCUT2D eigenvalue weighted by atomic mass is 16.5. The van der Waals surface area contributed by atoms with Crippen LogP contribution in [0.4, 0.5) is 0 Å². The second kappa shape index (κ2) is 4.91. The molecule has 1 aromatic rings. The van der Waals surface area contributed by atoms with Crippen LogP contribution in [0.25, 0.3) is 0 Å². The average molecular weight is 212 g/mol. The molecule has 0 spiro atoms. The van der Waals surface area contributed by atoms with Crippen molar-refractivity contribution in [1.29, 1.82) is 0 Å². The van der Waals surface area contributed by atoms with Gasteiger partial charge in [-0.25, -0.2) is 4.79 Å². The lowest BCUT2D eigenvalue weighted by molar-refractivity contribution is 0.0477. The van der Waals surface area contributed by atoms with E-state index in [1.54, 1.807) is 6.92 Å². The summed E-state index contributed by atoms with van der Waals surface area (Å²) in [6.07, 6.45) is 0. The van der Waals surface area contributed by atoms with Crippen LogP contribution in [0, 0.1) is 5.92 Å². The standard InChI is InChI=1S/C10H16N2O3/c1-5-14-10(13)9-12-11-8(15-9)7(4)6(2)3/h6-7H,5H2,1-4H3. The first-order valence-corrected chi connectivity index (χ1v) is 5.06. The molecule has 0 amide bonds. The van der Waals surface area contributed by atoms with Crippen molar-refractivity contribution in [2.45, 2.75) is 33.6 Å². The summed E-state index contributed by atoms with van der Waals surface area (Å²) in [5.41, 5.74) is 0. The molecule has 0 aromatic carbocycles. The molecule has 1 atom stereocenters. The number of ether oxygens (including phenoxy) is 1. The van der Waals surface area contributed by atoms with Gasteiger partial charge in [-0.15, -0.1) is 10.2 Å². The van der Waals surface area contributed by atoms with Crippen LogP contribution in [0.5, 0.6) is 0 Å². The number of hydrogen-bond acceptors (Lipinski definition) is 5. The zero-order chi connectivity index (χ0) is 11.4. The average Bonchev–Trinajstić information content (AvgIpc) is 2.65. The molecule has 15 heavy (non-hydrogen) atoms. The van der Waals surface area contributed by atoms with Crippen molar-refractivity contribution >= 4 is 5.97 Å². The van der Waals surface area contributed by atoms with E-state index < -0.39 is 5.97 Å². The fourth-order valence-electron chi connectivity index (χ4n) is 0.979. The number of rotatable bonds is 4. The molecular formula is C10H16N2O3. The fraction of sp³-hybridized carbons (Fsp3) is 0.700. The van der Waals surface area contributed by atoms with Gasteiger partial charge in [-0.1, -0.05) is 20.8 Å². The van der Waals surface area contributed by atoms with Crippen molar-refractivity contribution < 1.29 is 13.9 Å². The fourth-order valence-corrected chi connectivity index (χ4v) is 0.979. The van der Waals surface area contributed by atoms with Crippen molar-refractivity contribution in [2.24, 2.45) is 5.92 Å². The molecule has 1 aromatic heterocycles. The third-order valence-electron chi connectivity index (χ3n) is 2.28. The molecule has 0 aliphatic heterocycles. The maximum absolute atomic E-state index is 11.2. The van der Waals surface area contributed by atoms with Gasteiger partial charge in [0.15, 0.2) is 0 Å². The second-order valence-corrected chi connectivity index (χ2v) is 3.70. The second-order valence-electron chi connectivity index (χ2n) is 3.70. The highest BCUT2D eigenvalue weighted by Crippen LogP contribution is 2.22. The van der Waals surface area contributed by atoms with E-state index in [1.807, 2.05) is 6.92 Å². The molecule has 0 bridgehead atoms. The minimum absolute atomic E-state index is 0.0700. The summed E-state index contributed by atoms with van der Waals surface area (Å²) in [6.45, 7) is 8.12. The van der Waals surface area contributed by atoms with Gasteiger partial charge in [0.25, 0.3) is 0 Å². The predicted molar refractivity (Wildman–Crippen MR) is 53.5 cm³/mol. The van der Waals surface area contributed by atoms with Crippen LogP contribution >= 0.6 is 0 Å². The molecule has 0 N–H and O–H groups in total. The van der Waals surface area contributed by atoms with Crippen LogP contribution in [0.15, 0.2) is 4.42 Å². The zero-order valence-corrected chi connectivity index (χ0v) is 9.48. The molecule has 0 aliphatic carbocycles. The number of esters is 1. The Labute approximate surface area is 88.8 Å². The van der Waals surface area contributed by atoms with Gasteiger partial charge in [0, 0.05) is 5.92 Å². The molecule has 0 saturated carbocycles. The smallest absolute Gasteiger partial charge is 0.396 e. The number of hydrogen-bond donors (Lipinski definition) is 0. The van der Waals surface area contributed by atoms with Crippen molar-refractivity contribution in [2.75, 3.05) is 6.61 Å². The van der Waals surface area contributed by atoms with E-state index in [-0.39, 0.29) is 11.8 Å². The lowest BCUT2D eigenvalue weighted by atomic mass is 9.98. The lowest BCUT2D eigenvalue weighted by Gasteiger charge is -2.09. The Bertz CT molecular complexity index is 333. The van der Waals surface area contributed by atoms with E-state index >= 15 is 0 Å². The maximum Gasteiger partial charge on any atom is 0.396 e. The molecule has 1 rings (SSSR count). The van der Waals surface area contributed by atoms with Crippen LogP contribution in [0.3, 0.4) is 0 Å². The Morgan fingerprint density at radius 3 is 2.60 bits per heavy atom. The number of nitrogens with zero attached hydrogens (tertiary/aromatic N) is 2. The SMILES string of the molecule is CCOC(=O)c1nnc(C(C)C(C)C)o1. The maximum atomic E-state index is 11.2. The largest absolute Gasteiger partial charge is 0.459 e. The van der Waals surface area contributed by atoms with E-state index in [0.717, 1.165) is 0 Å². The quantitative estimate of drug-likeness (QED) is 0.714. The Hall–Kier alpha value is -1.39. The molecular weight excluding hydrogens is 196 g/mol. The molecule has 84 valence electrons. The van der Waals surface area contributed by atoms with E-state index in [1.165, 1.54) is 0 Å². The van der Waals surface area contributed by atoms with Gasteiger partial charge >= 0.3 is 11.9 Å². The molecule has 1 unspecified atom stereocenters. The van der Waals surface area contributed by atoms with Crippen LogP contribution in [-0.4, -0.2) is 22.8 Å².